The van der Waals surface area contributed by atoms with Crippen molar-refractivity contribution < 1.29 is 19.1 Å². The number of hydrogen-bond acceptors (Lipinski definition) is 6. The third-order valence-electron chi connectivity index (χ3n) is 3.53. The lowest BCUT2D eigenvalue weighted by atomic mass is 10.1. The highest BCUT2D eigenvalue weighted by Gasteiger charge is 2.11. The molecule has 0 radical (unpaired) electrons. The molecule has 0 saturated heterocycles. The number of nitrogens with zero attached hydrogens (tertiary/aromatic N) is 2. The highest BCUT2D eigenvalue weighted by Crippen LogP contribution is 2.03. The Labute approximate surface area is 147 Å². The van der Waals surface area contributed by atoms with Crippen molar-refractivity contribution in [3.05, 3.63) is 60.2 Å². The lowest BCUT2D eigenvalue weighted by Crippen LogP contribution is -2.15. The van der Waals surface area contributed by atoms with E-state index in [-0.39, 0.29) is 19.6 Å². The molecule has 2 aromatic rings. The van der Waals surface area contributed by atoms with Gasteiger partial charge in [-0.1, -0.05) is 0 Å². The number of pyridine rings is 2. The van der Waals surface area contributed by atoms with Gasteiger partial charge in [0.2, 0.25) is 0 Å². The summed E-state index contributed by atoms with van der Waals surface area (Å²) in [6.07, 6.45) is 9.58. The van der Waals surface area contributed by atoms with Crippen molar-refractivity contribution in [2.75, 3.05) is 13.2 Å². The molecule has 132 valence electrons. The van der Waals surface area contributed by atoms with Gasteiger partial charge in [-0.2, -0.15) is 0 Å². The van der Waals surface area contributed by atoms with Gasteiger partial charge in [-0.15, -0.1) is 0 Å². The van der Waals surface area contributed by atoms with Crippen LogP contribution >= 0.6 is 0 Å². The Morgan fingerprint density at radius 1 is 0.720 bits per heavy atom. The normalized spacial score (nSPS) is 10.2. The van der Waals surface area contributed by atoms with E-state index in [4.69, 9.17) is 9.47 Å². The number of carbonyl (C=O) groups is 2. The first-order valence-corrected chi connectivity index (χ1v) is 8.33. The number of aryl methyl sites for hydroxylation is 2. The average molecular weight is 342 g/mol. The van der Waals surface area contributed by atoms with Gasteiger partial charge < -0.3 is 9.47 Å². The molecule has 0 fully saturated rings. The fourth-order valence-corrected chi connectivity index (χ4v) is 2.24. The maximum Gasteiger partial charge on any atom is 0.317 e. The van der Waals surface area contributed by atoms with Gasteiger partial charge in [0.25, 0.3) is 0 Å². The fraction of sp³-hybridized carbons (Fsp3) is 0.368. The molecule has 0 aliphatic heterocycles. The summed E-state index contributed by atoms with van der Waals surface area (Å²) in [6, 6.07) is 7.69. The van der Waals surface area contributed by atoms with E-state index < -0.39 is 11.9 Å². The minimum atomic E-state index is -0.547. The first-order valence-electron chi connectivity index (χ1n) is 8.33. The summed E-state index contributed by atoms with van der Waals surface area (Å²) in [7, 11) is 0. The summed E-state index contributed by atoms with van der Waals surface area (Å²) < 4.78 is 10.1. The van der Waals surface area contributed by atoms with Crippen molar-refractivity contribution in [1.29, 1.82) is 0 Å². The minimum absolute atomic E-state index is 0.288. The molecule has 0 aromatic carbocycles. The highest BCUT2D eigenvalue weighted by molar-refractivity contribution is 5.91. The molecule has 25 heavy (non-hydrogen) atoms. The highest BCUT2D eigenvalue weighted by atomic mass is 16.6. The van der Waals surface area contributed by atoms with E-state index in [1.165, 1.54) is 0 Å². The van der Waals surface area contributed by atoms with E-state index in [9.17, 15) is 9.59 Å². The number of esters is 2. The van der Waals surface area contributed by atoms with Gasteiger partial charge in [0, 0.05) is 24.8 Å². The maximum atomic E-state index is 11.6. The minimum Gasteiger partial charge on any atom is -0.465 e. The van der Waals surface area contributed by atoms with Gasteiger partial charge >= 0.3 is 11.9 Å². The standard InChI is InChI=1S/C19H22N2O4/c22-18(24-13-1-3-16-5-9-20-10-6-16)15-19(23)25-14-2-4-17-7-11-21-12-8-17/h5-12H,1-4,13-15H2. The van der Waals surface area contributed by atoms with Crippen molar-refractivity contribution in [1.82, 2.24) is 9.97 Å². The van der Waals surface area contributed by atoms with Crippen LogP contribution in [0.25, 0.3) is 0 Å². The van der Waals surface area contributed by atoms with E-state index in [2.05, 4.69) is 9.97 Å². The van der Waals surface area contributed by atoms with Crippen LogP contribution in [0.15, 0.2) is 49.1 Å². The van der Waals surface area contributed by atoms with E-state index in [0.717, 1.165) is 24.0 Å². The molecule has 2 heterocycles. The van der Waals surface area contributed by atoms with Crippen molar-refractivity contribution in [2.24, 2.45) is 0 Å². The Kier molecular flexibility index (Phi) is 8.11. The van der Waals surface area contributed by atoms with Gasteiger partial charge in [-0.3, -0.25) is 19.6 Å². The zero-order chi connectivity index (χ0) is 17.7. The van der Waals surface area contributed by atoms with Crippen LogP contribution in [0.1, 0.15) is 30.4 Å². The summed E-state index contributed by atoms with van der Waals surface area (Å²) in [5.74, 6) is -1.09. The average Bonchev–Trinajstić information content (AvgIpc) is 2.64. The second kappa shape index (κ2) is 10.9. The van der Waals surface area contributed by atoms with Crippen LogP contribution in [0.2, 0.25) is 0 Å². The molecule has 0 aliphatic carbocycles. The number of hydrogen-bond donors (Lipinski definition) is 0. The lowest BCUT2D eigenvalue weighted by molar-refractivity contribution is -0.154. The van der Waals surface area contributed by atoms with Crippen LogP contribution < -0.4 is 0 Å². The van der Waals surface area contributed by atoms with Crippen molar-refractivity contribution in [2.45, 2.75) is 32.1 Å². The monoisotopic (exact) mass is 342 g/mol. The second-order valence-electron chi connectivity index (χ2n) is 5.54. The quantitative estimate of drug-likeness (QED) is 0.375. The molecule has 0 spiro atoms. The number of carbonyl (C=O) groups excluding carboxylic acids is 2. The molecule has 0 atom stereocenters. The van der Waals surface area contributed by atoms with Crippen LogP contribution in [-0.2, 0) is 31.9 Å². The van der Waals surface area contributed by atoms with Crippen LogP contribution in [-0.4, -0.2) is 35.1 Å². The van der Waals surface area contributed by atoms with Crippen LogP contribution in [0, 0.1) is 0 Å². The van der Waals surface area contributed by atoms with Crippen LogP contribution in [0.4, 0.5) is 0 Å². The molecule has 0 bridgehead atoms. The van der Waals surface area contributed by atoms with Crippen molar-refractivity contribution >= 4 is 11.9 Å². The number of aromatic nitrogens is 2. The van der Waals surface area contributed by atoms with Crippen LogP contribution in [0.5, 0.6) is 0 Å². The van der Waals surface area contributed by atoms with Gasteiger partial charge in [-0.05, 0) is 61.1 Å². The number of ether oxygens (including phenoxy) is 2. The molecular weight excluding hydrogens is 320 g/mol. The molecule has 0 aliphatic rings. The predicted octanol–water partition coefficient (Wildman–Crippen LogP) is 2.52. The Hall–Kier alpha value is -2.76. The Morgan fingerprint density at radius 3 is 1.52 bits per heavy atom. The zero-order valence-electron chi connectivity index (χ0n) is 14.1. The van der Waals surface area contributed by atoms with Gasteiger partial charge in [0.1, 0.15) is 6.42 Å². The smallest absolute Gasteiger partial charge is 0.317 e. The SMILES string of the molecule is O=C(CC(=O)OCCCc1ccncc1)OCCCc1ccncc1. The summed E-state index contributed by atoms with van der Waals surface area (Å²) in [5, 5.41) is 0. The van der Waals surface area contributed by atoms with Gasteiger partial charge in [-0.25, -0.2) is 0 Å². The summed E-state index contributed by atoms with van der Waals surface area (Å²) in [6.45, 7) is 0.576. The first-order chi connectivity index (χ1) is 12.2. The Morgan fingerprint density at radius 2 is 1.12 bits per heavy atom. The fourth-order valence-electron chi connectivity index (χ4n) is 2.24. The zero-order valence-corrected chi connectivity index (χ0v) is 14.1. The van der Waals surface area contributed by atoms with Gasteiger partial charge in [0.15, 0.2) is 0 Å². The Bertz CT molecular complexity index is 589. The molecular formula is C19H22N2O4. The molecule has 2 aromatic heterocycles. The third kappa shape index (κ3) is 8.06. The largest absolute Gasteiger partial charge is 0.465 e. The lowest BCUT2D eigenvalue weighted by Gasteiger charge is -2.06. The van der Waals surface area contributed by atoms with Crippen molar-refractivity contribution in [3.63, 3.8) is 0 Å². The Balaban J connectivity index is 1.50. The van der Waals surface area contributed by atoms with Gasteiger partial charge in [0.05, 0.1) is 13.2 Å². The molecule has 0 saturated carbocycles. The summed E-state index contributed by atoms with van der Waals surface area (Å²) in [4.78, 5) is 31.0. The van der Waals surface area contributed by atoms with Crippen molar-refractivity contribution in [3.8, 4) is 0 Å². The van der Waals surface area contributed by atoms with E-state index in [0.29, 0.717) is 12.8 Å². The molecule has 2 rings (SSSR count). The first kappa shape index (κ1) is 18.6. The maximum absolute atomic E-state index is 11.6. The van der Waals surface area contributed by atoms with E-state index >= 15 is 0 Å². The van der Waals surface area contributed by atoms with E-state index in [1.54, 1.807) is 24.8 Å². The molecule has 6 heteroatoms. The third-order valence-corrected chi connectivity index (χ3v) is 3.53. The molecule has 6 nitrogen and oxygen atoms in total. The topological polar surface area (TPSA) is 78.4 Å². The molecule has 0 N–H and O–H groups in total. The summed E-state index contributed by atoms with van der Waals surface area (Å²) in [5.41, 5.74) is 2.28. The summed E-state index contributed by atoms with van der Waals surface area (Å²) >= 11 is 0. The van der Waals surface area contributed by atoms with E-state index in [1.807, 2.05) is 24.3 Å². The second-order valence-corrected chi connectivity index (χ2v) is 5.54. The molecule has 0 unspecified atom stereocenters. The number of rotatable bonds is 10. The predicted molar refractivity (Wildman–Crippen MR) is 91.7 cm³/mol. The van der Waals surface area contributed by atoms with Crippen LogP contribution in [0.3, 0.4) is 0 Å². The molecule has 0 amide bonds.